The van der Waals surface area contributed by atoms with Crippen molar-refractivity contribution in [3.05, 3.63) is 70.1 Å². The molecule has 194 valence electrons. The van der Waals surface area contributed by atoms with Crippen LogP contribution < -0.4 is 11.1 Å². The van der Waals surface area contributed by atoms with Crippen LogP contribution in [0.4, 0.5) is 14.5 Å². The lowest BCUT2D eigenvalue weighted by Crippen LogP contribution is -2.17. The van der Waals surface area contributed by atoms with Crippen LogP contribution in [0.5, 0.6) is 0 Å². The van der Waals surface area contributed by atoms with E-state index in [1.54, 1.807) is 16.9 Å². The summed E-state index contributed by atoms with van der Waals surface area (Å²) in [7, 11) is 0. The average Bonchev–Trinajstić information content (AvgIpc) is 3.61. The zero-order valence-electron chi connectivity index (χ0n) is 20.7. The van der Waals surface area contributed by atoms with Crippen molar-refractivity contribution in [3.8, 4) is 22.4 Å². The van der Waals surface area contributed by atoms with Gasteiger partial charge in [-0.3, -0.25) is 19.4 Å². The summed E-state index contributed by atoms with van der Waals surface area (Å²) in [5.74, 6) is -1.40. The van der Waals surface area contributed by atoms with E-state index in [9.17, 15) is 18.4 Å². The Balaban J connectivity index is 1.63. The van der Waals surface area contributed by atoms with Gasteiger partial charge in [0.25, 0.3) is 18.2 Å². The smallest absolute Gasteiger partial charge is 0.280 e. The molecule has 1 aromatic carbocycles. The van der Waals surface area contributed by atoms with E-state index in [0.717, 1.165) is 28.2 Å². The fourth-order valence-electron chi connectivity index (χ4n) is 4.26. The van der Waals surface area contributed by atoms with E-state index in [2.05, 4.69) is 25.6 Å². The summed E-state index contributed by atoms with van der Waals surface area (Å²) in [6.07, 6.45) is -1.28. The number of nitrogens with one attached hydrogen (secondary N) is 2. The van der Waals surface area contributed by atoms with Gasteiger partial charge in [-0.05, 0) is 38.5 Å². The number of nitrogens with zero attached hydrogens (tertiary/aromatic N) is 4. The molecule has 0 aliphatic heterocycles. The summed E-state index contributed by atoms with van der Waals surface area (Å²) < 4.78 is 29.3. The highest BCUT2D eigenvalue weighted by Gasteiger charge is 2.27. The van der Waals surface area contributed by atoms with Crippen molar-refractivity contribution in [1.29, 1.82) is 0 Å². The number of carbonyl (C=O) groups is 2. The Labute approximate surface area is 219 Å². The van der Waals surface area contributed by atoms with E-state index in [1.807, 2.05) is 45.0 Å². The number of aryl methyl sites for hydroxylation is 2. The number of fused-ring (bicyclic) bond motifs is 1. The molecule has 0 aliphatic rings. The number of aromatic amines is 1. The van der Waals surface area contributed by atoms with Crippen LogP contribution in [-0.2, 0) is 6.54 Å². The minimum Gasteiger partial charge on any atom is -0.365 e. The van der Waals surface area contributed by atoms with Crippen molar-refractivity contribution in [2.24, 2.45) is 5.73 Å². The van der Waals surface area contributed by atoms with Crippen molar-refractivity contribution in [3.63, 3.8) is 0 Å². The maximum absolute atomic E-state index is 13.8. The van der Waals surface area contributed by atoms with E-state index < -0.39 is 23.9 Å². The summed E-state index contributed by atoms with van der Waals surface area (Å²) in [6.45, 7) is 6.27. The van der Waals surface area contributed by atoms with E-state index in [4.69, 9.17) is 5.73 Å². The van der Waals surface area contributed by atoms with Gasteiger partial charge in [-0.15, -0.1) is 11.3 Å². The zero-order valence-corrected chi connectivity index (χ0v) is 21.5. The number of carbonyl (C=O) groups excluding carboxylic acids is 2. The quantitative estimate of drug-likeness (QED) is 0.254. The molecule has 5 rings (SSSR count). The molecule has 0 spiro atoms. The third-order valence-electron chi connectivity index (χ3n) is 6.23. The van der Waals surface area contributed by atoms with E-state index in [-0.39, 0.29) is 21.1 Å². The normalized spacial score (nSPS) is 11.4. The van der Waals surface area contributed by atoms with Gasteiger partial charge >= 0.3 is 0 Å². The molecule has 0 saturated heterocycles. The molecule has 0 saturated carbocycles. The number of anilines is 1. The number of rotatable bonds is 7. The minimum atomic E-state index is -2.85. The maximum Gasteiger partial charge on any atom is 0.280 e. The molecule has 5 aromatic rings. The first kappa shape index (κ1) is 25.2. The van der Waals surface area contributed by atoms with Crippen LogP contribution in [0.2, 0.25) is 0 Å². The van der Waals surface area contributed by atoms with Gasteiger partial charge in [0.1, 0.15) is 21.1 Å². The van der Waals surface area contributed by atoms with Crippen LogP contribution in [0.25, 0.3) is 32.6 Å². The third kappa shape index (κ3) is 4.43. The maximum atomic E-state index is 13.8. The monoisotopic (exact) mass is 535 g/mol. The second kappa shape index (κ2) is 9.78. The Morgan fingerprint density at radius 2 is 1.89 bits per heavy atom. The molecule has 0 radical (unpaired) electrons. The number of pyridine rings is 1. The molecule has 9 nitrogen and oxygen atoms in total. The van der Waals surface area contributed by atoms with Crippen molar-refractivity contribution in [2.75, 3.05) is 5.32 Å². The van der Waals surface area contributed by atoms with Crippen molar-refractivity contribution in [1.82, 2.24) is 25.0 Å². The van der Waals surface area contributed by atoms with Crippen LogP contribution in [0.3, 0.4) is 0 Å². The van der Waals surface area contributed by atoms with Crippen LogP contribution in [0.1, 0.15) is 50.5 Å². The molecule has 0 atom stereocenters. The van der Waals surface area contributed by atoms with Crippen molar-refractivity contribution < 1.29 is 18.4 Å². The molecule has 4 N–H and O–H groups in total. The lowest BCUT2D eigenvalue weighted by molar-refractivity contribution is 0.100. The first-order valence-corrected chi connectivity index (χ1v) is 12.5. The molecule has 4 aromatic heterocycles. The summed E-state index contributed by atoms with van der Waals surface area (Å²) in [4.78, 5) is 29.9. The number of halogens is 2. The molecule has 2 amide bonds. The van der Waals surface area contributed by atoms with Gasteiger partial charge in [-0.1, -0.05) is 29.8 Å². The Kier molecular flexibility index (Phi) is 6.49. The van der Waals surface area contributed by atoms with Crippen molar-refractivity contribution >= 4 is 39.1 Å². The summed E-state index contributed by atoms with van der Waals surface area (Å²) in [6, 6.07) is 10.5. The first-order chi connectivity index (χ1) is 18.2. The molecule has 38 heavy (non-hydrogen) atoms. The van der Waals surface area contributed by atoms with Crippen molar-refractivity contribution in [2.45, 2.75) is 33.7 Å². The zero-order chi connectivity index (χ0) is 27.1. The second-order valence-corrected chi connectivity index (χ2v) is 9.69. The number of hydrogen-bond acceptors (Lipinski definition) is 6. The molecule has 0 fully saturated rings. The average molecular weight is 536 g/mol. The number of aromatic nitrogens is 5. The lowest BCUT2D eigenvalue weighted by atomic mass is 10.0. The predicted molar refractivity (Wildman–Crippen MR) is 141 cm³/mol. The lowest BCUT2D eigenvalue weighted by Gasteiger charge is -2.10. The van der Waals surface area contributed by atoms with E-state index in [0.29, 0.717) is 28.8 Å². The summed E-state index contributed by atoms with van der Waals surface area (Å²) in [5.41, 5.74) is 9.57. The number of alkyl halides is 2. The fraction of sp³-hybridized carbons (Fsp3) is 0.192. The van der Waals surface area contributed by atoms with E-state index in [1.165, 1.54) is 6.07 Å². The Morgan fingerprint density at radius 3 is 2.53 bits per heavy atom. The summed E-state index contributed by atoms with van der Waals surface area (Å²) >= 11 is 0.845. The van der Waals surface area contributed by atoms with Crippen LogP contribution in [0.15, 0.2) is 42.6 Å². The number of thiophene rings is 1. The predicted octanol–water partition coefficient (Wildman–Crippen LogP) is 5.48. The molecule has 0 aliphatic carbocycles. The number of primary amides is 1. The van der Waals surface area contributed by atoms with Gasteiger partial charge in [0, 0.05) is 28.8 Å². The highest BCUT2D eigenvalue weighted by molar-refractivity contribution is 7.21. The molecule has 0 bridgehead atoms. The molecular weight excluding hydrogens is 512 g/mol. The Morgan fingerprint density at radius 1 is 1.16 bits per heavy atom. The largest absolute Gasteiger partial charge is 0.365 e. The highest BCUT2D eigenvalue weighted by Crippen LogP contribution is 2.43. The number of benzene rings is 1. The standard InChI is InChI=1S/C26H23F2N7O2S/c1-4-35-13(3)16(11-30-35)15-9-18(23(27)28)31-26-20(15)21(22(38-26)24(29)36)32-25(37)19-10-17(33-34-19)14-7-5-12(2)6-8-14/h5-11,23H,4H2,1-3H3,(H2,29,36)(H,32,37)(H,33,34). The van der Waals surface area contributed by atoms with Gasteiger partial charge < -0.3 is 11.1 Å². The van der Waals surface area contributed by atoms with Gasteiger partial charge in [-0.2, -0.15) is 10.2 Å². The van der Waals surface area contributed by atoms with Gasteiger partial charge in [0.2, 0.25) is 0 Å². The molecular formula is C26H23F2N7O2S. The van der Waals surface area contributed by atoms with E-state index >= 15 is 0 Å². The Bertz CT molecular complexity index is 1690. The van der Waals surface area contributed by atoms with Gasteiger partial charge in [0.15, 0.2) is 0 Å². The first-order valence-electron chi connectivity index (χ1n) is 11.7. The SMILES string of the molecule is CCn1ncc(-c2cc(C(F)F)nc3sc(C(N)=O)c(NC(=O)c4cc(-c5ccc(C)cc5)n[nH]4)c23)c1C. The molecule has 0 unspecified atom stereocenters. The number of amides is 2. The number of nitrogens with two attached hydrogens (primary N) is 1. The minimum absolute atomic E-state index is 0.00711. The molecule has 12 heteroatoms. The second-order valence-electron chi connectivity index (χ2n) is 8.69. The third-order valence-corrected chi connectivity index (χ3v) is 7.33. The number of hydrogen-bond donors (Lipinski definition) is 3. The number of H-pyrrole nitrogens is 1. The summed E-state index contributed by atoms with van der Waals surface area (Å²) in [5, 5.41) is 14.3. The van der Waals surface area contributed by atoms with Gasteiger partial charge in [-0.25, -0.2) is 13.8 Å². The fourth-order valence-corrected chi connectivity index (χ4v) is 5.27. The Hall–Kier alpha value is -4.45. The van der Waals surface area contributed by atoms with Crippen LogP contribution >= 0.6 is 11.3 Å². The molecule has 4 heterocycles. The van der Waals surface area contributed by atoms with Crippen LogP contribution in [0, 0.1) is 13.8 Å². The van der Waals surface area contributed by atoms with Crippen LogP contribution in [-0.4, -0.2) is 36.8 Å². The van der Waals surface area contributed by atoms with Gasteiger partial charge in [0.05, 0.1) is 17.6 Å². The topological polar surface area (TPSA) is 132 Å². The highest BCUT2D eigenvalue weighted by atomic mass is 32.1.